The Bertz CT molecular complexity index is 792. The van der Waals surface area contributed by atoms with Crippen molar-refractivity contribution >= 4 is 29.2 Å². The molecule has 0 bridgehead atoms. The van der Waals surface area contributed by atoms with E-state index in [-0.39, 0.29) is 5.91 Å². The molecule has 0 aliphatic heterocycles. The van der Waals surface area contributed by atoms with Crippen molar-refractivity contribution in [3.8, 4) is 0 Å². The fourth-order valence-corrected chi connectivity index (χ4v) is 2.20. The van der Waals surface area contributed by atoms with Crippen molar-refractivity contribution in [2.75, 3.05) is 10.6 Å². The van der Waals surface area contributed by atoms with Gasteiger partial charge in [-0.15, -0.1) is 0 Å². The lowest BCUT2D eigenvalue weighted by molar-refractivity contribution is -0.123. The first-order valence-corrected chi connectivity index (χ1v) is 7.73. The second-order valence-corrected chi connectivity index (χ2v) is 5.62. The van der Waals surface area contributed by atoms with Crippen LogP contribution in [-0.4, -0.2) is 23.9 Å². The number of hydrogen-bond donors (Lipinski definition) is 2. The van der Waals surface area contributed by atoms with Gasteiger partial charge in [-0.05, 0) is 51.1 Å². The normalized spacial score (nSPS) is 11.5. The zero-order valence-electron chi connectivity index (χ0n) is 14.5. The van der Waals surface area contributed by atoms with Crippen molar-refractivity contribution in [1.29, 1.82) is 0 Å². The van der Waals surface area contributed by atoms with Gasteiger partial charge in [0.25, 0.3) is 5.91 Å². The number of esters is 1. The lowest BCUT2D eigenvalue weighted by Crippen LogP contribution is -2.30. The molecule has 0 unspecified atom stereocenters. The summed E-state index contributed by atoms with van der Waals surface area (Å²) in [5, 5.41) is 5.28. The van der Waals surface area contributed by atoms with Gasteiger partial charge in [0.15, 0.2) is 6.10 Å². The Labute approximate surface area is 145 Å². The first-order valence-electron chi connectivity index (χ1n) is 7.73. The van der Waals surface area contributed by atoms with E-state index in [0.717, 1.165) is 0 Å². The number of hydrogen-bond acceptors (Lipinski definition) is 5. The van der Waals surface area contributed by atoms with Crippen molar-refractivity contribution in [3.05, 3.63) is 47.4 Å². The van der Waals surface area contributed by atoms with Crippen LogP contribution < -0.4 is 10.6 Å². The van der Waals surface area contributed by atoms with E-state index in [1.54, 1.807) is 44.2 Å². The van der Waals surface area contributed by atoms with E-state index in [2.05, 4.69) is 10.6 Å². The molecule has 0 saturated carbocycles. The number of ether oxygens (including phenoxy) is 1. The van der Waals surface area contributed by atoms with Gasteiger partial charge < -0.3 is 19.8 Å². The zero-order valence-corrected chi connectivity index (χ0v) is 14.5. The summed E-state index contributed by atoms with van der Waals surface area (Å²) in [4.78, 5) is 35.2. The van der Waals surface area contributed by atoms with Gasteiger partial charge in [-0.3, -0.25) is 9.59 Å². The molecular weight excluding hydrogens is 324 g/mol. The first kappa shape index (κ1) is 18.3. The van der Waals surface area contributed by atoms with Crippen molar-refractivity contribution in [2.45, 2.75) is 33.8 Å². The van der Waals surface area contributed by atoms with Gasteiger partial charge in [0, 0.05) is 18.3 Å². The molecular formula is C18H20N2O5. The summed E-state index contributed by atoms with van der Waals surface area (Å²) in [5.74, 6) is -0.205. The van der Waals surface area contributed by atoms with Crippen molar-refractivity contribution in [2.24, 2.45) is 0 Å². The van der Waals surface area contributed by atoms with Gasteiger partial charge in [-0.25, -0.2) is 4.79 Å². The number of benzene rings is 1. The van der Waals surface area contributed by atoms with Crippen molar-refractivity contribution in [1.82, 2.24) is 0 Å². The summed E-state index contributed by atoms with van der Waals surface area (Å²) in [6, 6.07) is 8.17. The molecule has 7 nitrogen and oxygen atoms in total. The van der Waals surface area contributed by atoms with E-state index in [1.807, 2.05) is 0 Å². The Morgan fingerprint density at radius 1 is 1.04 bits per heavy atom. The smallest absolute Gasteiger partial charge is 0.342 e. The van der Waals surface area contributed by atoms with Gasteiger partial charge in [0.05, 0.1) is 0 Å². The third-order valence-electron chi connectivity index (χ3n) is 3.39. The SMILES string of the molecule is CC(=O)Nc1ccc(NC(=O)[C@H](C)OC(=O)c2cc(C)oc2C)cc1. The topological polar surface area (TPSA) is 97.6 Å². The van der Waals surface area contributed by atoms with Crippen LogP contribution in [0.2, 0.25) is 0 Å². The molecule has 1 heterocycles. The highest BCUT2D eigenvalue weighted by Crippen LogP contribution is 2.17. The minimum Gasteiger partial charge on any atom is -0.466 e. The molecule has 0 radical (unpaired) electrons. The Kier molecular flexibility index (Phi) is 5.59. The zero-order chi connectivity index (χ0) is 18.6. The minimum atomic E-state index is -0.975. The molecule has 1 atom stereocenters. The molecule has 0 fully saturated rings. The number of furan rings is 1. The molecule has 2 aromatic rings. The van der Waals surface area contributed by atoms with Crippen LogP contribution in [0.15, 0.2) is 34.7 Å². The number of carbonyl (C=O) groups is 3. The molecule has 0 spiro atoms. The predicted octanol–water partition coefficient (Wildman–Crippen LogP) is 3.04. The summed E-state index contributed by atoms with van der Waals surface area (Å²) in [6.07, 6.45) is -0.975. The van der Waals surface area contributed by atoms with Crippen LogP contribution in [0, 0.1) is 13.8 Å². The molecule has 7 heteroatoms. The van der Waals surface area contributed by atoms with E-state index in [4.69, 9.17) is 9.15 Å². The maximum atomic E-state index is 12.2. The molecule has 2 rings (SSSR count). The lowest BCUT2D eigenvalue weighted by Gasteiger charge is -2.13. The number of nitrogens with one attached hydrogen (secondary N) is 2. The summed E-state index contributed by atoms with van der Waals surface area (Å²) in [6.45, 7) is 6.28. The third-order valence-corrected chi connectivity index (χ3v) is 3.39. The van der Waals surface area contributed by atoms with E-state index in [9.17, 15) is 14.4 Å². The van der Waals surface area contributed by atoms with E-state index in [0.29, 0.717) is 28.5 Å². The molecule has 132 valence electrons. The predicted molar refractivity (Wildman–Crippen MR) is 92.4 cm³/mol. The molecule has 0 aliphatic rings. The van der Waals surface area contributed by atoms with E-state index in [1.165, 1.54) is 13.8 Å². The number of carbonyl (C=O) groups excluding carboxylic acids is 3. The average molecular weight is 344 g/mol. The molecule has 2 amide bonds. The standard InChI is InChI=1S/C18H20N2O5/c1-10-9-16(11(2)24-10)18(23)25-12(3)17(22)20-15-7-5-14(6-8-15)19-13(4)21/h5-9,12H,1-4H3,(H,19,21)(H,20,22)/t12-/m0/s1. The highest BCUT2D eigenvalue weighted by atomic mass is 16.5. The van der Waals surface area contributed by atoms with Crippen molar-refractivity contribution in [3.63, 3.8) is 0 Å². The van der Waals surface area contributed by atoms with Gasteiger partial charge >= 0.3 is 5.97 Å². The molecule has 1 aromatic heterocycles. The number of amides is 2. The fourth-order valence-electron chi connectivity index (χ4n) is 2.20. The first-order chi connectivity index (χ1) is 11.8. The number of anilines is 2. The van der Waals surface area contributed by atoms with E-state index >= 15 is 0 Å². The minimum absolute atomic E-state index is 0.179. The molecule has 2 N–H and O–H groups in total. The quantitative estimate of drug-likeness (QED) is 0.813. The lowest BCUT2D eigenvalue weighted by atomic mass is 10.2. The second kappa shape index (κ2) is 7.65. The highest BCUT2D eigenvalue weighted by Gasteiger charge is 2.22. The largest absolute Gasteiger partial charge is 0.466 e. The van der Waals surface area contributed by atoms with Gasteiger partial charge in [-0.2, -0.15) is 0 Å². The summed E-state index contributed by atoms with van der Waals surface area (Å²) in [5.41, 5.74) is 1.45. The summed E-state index contributed by atoms with van der Waals surface area (Å²) >= 11 is 0. The van der Waals surface area contributed by atoms with Crippen molar-refractivity contribution < 1.29 is 23.5 Å². The van der Waals surface area contributed by atoms with Gasteiger partial charge in [-0.1, -0.05) is 0 Å². The van der Waals surface area contributed by atoms with Gasteiger partial charge in [0.2, 0.25) is 5.91 Å². The van der Waals surface area contributed by atoms with Crippen LogP contribution >= 0.6 is 0 Å². The fraction of sp³-hybridized carbons (Fsp3) is 0.278. The number of rotatable bonds is 5. The average Bonchev–Trinajstić information content (AvgIpc) is 2.87. The van der Waals surface area contributed by atoms with Crippen LogP contribution in [0.1, 0.15) is 35.7 Å². The van der Waals surface area contributed by atoms with Crippen LogP contribution in [0.4, 0.5) is 11.4 Å². The second-order valence-electron chi connectivity index (χ2n) is 5.62. The maximum Gasteiger partial charge on any atom is 0.342 e. The molecule has 0 saturated heterocycles. The van der Waals surface area contributed by atoms with Crippen LogP contribution in [0.5, 0.6) is 0 Å². The van der Waals surface area contributed by atoms with Gasteiger partial charge in [0.1, 0.15) is 17.1 Å². The Hall–Kier alpha value is -3.09. The molecule has 1 aromatic carbocycles. The molecule has 25 heavy (non-hydrogen) atoms. The Morgan fingerprint density at radius 3 is 2.08 bits per heavy atom. The Balaban J connectivity index is 1.94. The maximum absolute atomic E-state index is 12.2. The van der Waals surface area contributed by atoms with Crippen LogP contribution in [0.3, 0.4) is 0 Å². The number of aryl methyl sites for hydroxylation is 2. The van der Waals surface area contributed by atoms with Crippen LogP contribution in [-0.2, 0) is 14.3 Å². The third kappa shape index (κ3) is 4.94. The molecule has 0 aliphatic carbocycles. The summed E-state index contributed by atoms with van der Waals surface area (Å²) < 4.78 is 10.5. The van der Waals surface area contributed by atoms with E-state index < -0.39 is 18.0 Å². The Morgan fingerprint density at radius 2 is 1.60 bits per heavy atom. The van der Waals surface area contributed by atoms with Crippen LogP contribution in [0.25, 0.3) is 0 Å². The monoisotopic (exact) mass is 344 g/mol. The highest BCUT2D eigenvalue weighted by molar-refractivity contribution is 5.98. The summed E-state index contributed by atoms with van der Waals surface area (Å²) in [7, 11) is 0.